The lowest BCUT2D eigenvalue weighted by molar-refractivity contribution is 0.417. The number of anilines is 3. The lowest BCUT2D eigenvalue weighted by Crippen LogP contribution is -2.13. The van der Waals surface area contributed by atoms with Crippen LogP contribution >= 0.6 is 11.6 Å². The van der Waals surface area contributed by atoms with Crippen LogP contribution in [0.25, 0.3) is 0 Å². The molecule has 0 saturated carbocycles. The minimum absolute atomic E-state index is 0.229. The third-order valence-corrected chi connectivity index (χ3v) is 2.64. The van der Waals surface area contributed by atoms with E-state index in [1.807, 2.05) is 13.8 Å². The van der Waals surface area contributed by atoms with E-state index in [4.69, 9.17) is 16.3 Å². The first-order valence-corrected chi connectivity index (χ1v) is 6.53. The highest BCUT2D eigenvalue weighted by atomic mass is 35.5. The first-order chi connectivity index (χ1) is 9.58. The molecular formula is C13H16ClN5O. The van der Waals surface area contributed by atoms with Crippen LogP contribution in [0.1, 0.15) is 13.8 Å². The summed E-state index contributed by atoms with van der Waals surface area (Å²) in [7, 11) is 1.60. The molecule has 0 atom stereocenters. The molecule has 0 bridgehead atoms. The fourth-order valence-corrected chi connectivity index (χ4v) is 1.77. The van der Waals surface area contributed by atoms with Crippen LogP contribution in [0.2, 0.25) is 5.02 Å². The lowest BCUT2D eigenvalue weighted by atomic mass is 10.3. The zero-order valence-electron chi connectivity index (χ0n) is 11.5. The molecule has 6 nitrogen and oxygen atoms in total. The Balaban J connectivity index is 2.23. The molecule has 2 rings (SSSR count). The third kappa shape index (κ3) is 3.71. The van der Waals surface area contributed by atoms with E-state index in [0.29, 0.717) is 22.5 Å². The smallest absolute Gasteiger partial charge is 0.244 e. The lowest BCUT2D eigenvalue weighted by Gasteiger charge is -2.12. The molecule has 2 N–H and O–H groups in total. The second-order valence-corrected chi connectivity index (χ2v) is 4.87. The van der Waals surface area contributed by atoms with E-state index < -0.39 is 0 Å². The summed E-state index contributed by atoms with van der Waals surface area (Å²) < 4.78 is 5.27. The highest BCUT2D eigenvalue weighted by Crippen LogP contribution is 2.29. The van der Waals surface area contributed by atoms with Gasteiger partial charge in [0.2, 0.25) is 5.95 Å². The molecule has 0 saturated heterocycles. The van der Waals surface area contributed by atoms with Crippen LogP contribution in [-0.2, 0) is 0 Å². The van der Waals surface area contributed by atoms with E-state index in [9.17, 15) is 0 Å². The topological polar surface area (TPSA) is 72.0 Å². The van der Waals surface area contributed by atoms with Crippen LogP contribution in [0, 0.1) is 0 Å². The minimum atomic E-state index is 0.229. The minimum Gasteiger partial charge on any atom is -0.495 e. The van der Waals surface area contributed by atoms with Gasteiger partial charge in [0.05, 0.1) is 19.0 Å². The van der Waals surface area contributed by atoms with Crippen molar-refractivity contribution in [2.75, 3.05) is 17.7 Å². The molecule has 7 heteroatoms. The summed E-state index contributed by atoms with van der Waals surface area (Å²) in [6.45, 7) is 4.01. The highest BCUT2D eigenvalue weighted by Gasteiger charge is 2.07. The normalized spacial score (nSPS) is 10.4. The van der Waals surface area contributed by atoms with Crippen molar-refractivity contribution in [3.63, 3.8) is 0 Å². The average Bonchev–Trinajstić information content (AvgIpc) is 2.38. The molecular weight excluding hydrogens is 278 g/mol. The zero-order valence-corrected chi connectivity index (χ0v) is 12.3. The quantitative estimate of drug-likeness (QED) is 0.882. The number of hydrogen-bond acceptors (Lipinski definition) is 6. The number of nitrogens with one attached hydrogen (secondary N) is 2. The van der Waals surface area contributed by atoms with Gasteiger partial charge in [-0.3, -0.25) is 0 Å². The number of nitrogens with zero attached hydrogens (tertiary/aromatic N) is 3. The van der Waals surface area contributed by atoms with Crippen LogP contribution in [0.5, 0.6) is 5.75 Å². The largest absolute Gasteiger partial charge is 0.495 e. The summed E-state index contributed by atoms with van der Waals surface area (Å²) in [4.78, 5) is 4.32. The van der Waals surface area contributed by atoms with E-state index in [-0.39, 0.29) is 6.04 Å². The van der Waals surface area contributed by atoms with Gasteiger partial charge in [-0.15, -0.1) is 5.10 Å². The number of halogens is 1. The van der Waals surface area contributed by atoms with Crippen molar-refractivity contribution in [2.24, 2.45) is 0 Å². The standard InChI is InChI=1S/C13H16ClN5O/c1-8(2)16-13-18-12(7-15-19-13)17-10-6-9(14)4-5-11(10)20-3/h4-8H,1-3H3,(H2,16,17,18,19). The summed E-state index contributed by atoms with van der Waals surface area (Å²) >= 11 is 5.98. The van der Waals surface area contributed by atoms with Crippen LogP contribution in [-0.4, -0.2) is 28.3 Å². The van der Waals surface area contributed by atoms with Gasteiger partial charge < -0.3 is 15.4 Å². The van der Waals surface area contributed by atoms with Crippen LogP contribution < -0.4 is 15.4 Å². The monoisotopic (exact) mass is 293 g/mol. The fraction of sp³-hybridized carbons (Fsp3) is 0.308. The molecule has 0 radical (unpaired) electrons. The molecule has 1 aromatic heterocycles. The first kappa shape index (κ1) is 14.3. The number of benzene rings is 1. The number of rotatable bonds is 5. The highest BCUT2D eigenvalue weighted by molar-refractivity contribution is 6.31. The van der Waals surface area contributed by atoms with Gasteiger partial charge in [-0.25, -0.2) is 0 Å². The van der Waals surface area contributed by atoms with Crippen molar-refractivity contribution in [3.05, 3.63) is 29.4 Å². The summed E-state index contributed by atoms with van der Waals surface area (Å²) in [5.74, 6) is 1.70. The number of methoxy groups -OCH3 is 1. The second-order valence-electron chi connectivity index (χ2n) is 4.43. The number of aromatic nitrogens is 3. The Morgan fingerprint density at radius 3 is 2.80 bits per heavy atom. The maximum atomic E-state index is 5.98. The van der Waals surface area contributed by atoms with Crippen molar-refractivity contribution in [1.82, 2.24) is 15.2 Å². The van der Waals surface area contributed by atoms with Crippen LogP contribution in [0.3, 0.4) is 0 Å². The van der Waals surface area contributed by atoms with Crippen LogP contribution in [0.4, 0.5) is 17.5 Å². The third-order valence-electron chi connectivity index (χ3n) is 2.40. The maximum Gasteiger partial charge on any atom is 0.244 e. The molecule has 0 amide bonds. The molecule has 20 heavy (non-hydrogen) atoms. The average molecular weight is 294 g/mol. The SMILES string of the molecule is COc1ccc(Cl)cc1Nc1cnnc(NC(C)C)n1. The molecule has 0 spiro atoms. The fourth-order valence-electron chi connectivity index (χ4n) is 1.60. The Bertz CT molecular complexity index is 591. The second kappa shape index (κ2) is 6.38. The summed E-state index contributed by atoms with van der Waals surface area (Å²) in [6, 6.07) is 5.54. The Morgan fingerprint density at radius 2 is 2.10 bits per heavy atom. The van der Waals surface area contributed by atoms with Gasteiger partial charge >= 0.3 is 0 Å². The summed E-state index contributed by atoms with van der Waals surface area (Å²) in [6.07, 6.45) is 1.53. The first-order valence-electron chi connectivity index (χ1n) is 6.15. The van der Waals surface area contributed by atoms with Gasteiger partial charge in [-0.1, -0.05) is 11.6 Å². The Labute approximate surface area is 122 Å². The van der Waals surface area contributed by atoms with Gasteiger partial charge in [0.25, 0.3) is 0 Å². The predicted octanol–water partition coefficient (Wildman–Crippen LogP) is 3.10. The molecule has 0 unspecified atom stereocenters. The van der Waals surface area contributed by atoms with E-state index in [0.717, 1.165) is 5.69 Å². The van der Waals surface area contributed by atoms with Crippen molar-refractivity contribution in [3.8, 4) is 5.75 Å². The van der Waals surface area contributed by atoms with E-state index in [2.05, 4.69) is 25.8 Å². The Hall–Kier alpha value is -2.08. The van der Waals surface area contributed by atoms with Gasteiger partial charge in [-0.05, 0) is 32.0 Å². The summed E-state index contributed by atoms with van der Waals surface area (Å²) in [5.41, 5.74) is 0.719. The molecule has 0 fully saturated rings. The van der Waals surface area contributed by atoms with Crippen molar-refractivity contribution in [1.29, 1.82) is 0 Å². The van der Waals surface area contributed by atoms with Crippen molar-refractivity contribution >= 4 is 29.1 Å². The predicted molar refractivity (Wildman–Crippen MR) is 79.9 cm³/mol. The Kier molecular flexibility index (Phi) is 4.57. The van der Waals surface area contributed by atoms with Crippen LogP contribution in [0.15, 0.2) is 24.4 Å². The molecule has 106 valence electrons. The van der Waals surface area contributed by atoms with Gasteiger partial charge in [0.1, 0.15) is 5.75 Å². The number of ether oxygens (including phenoxy) is 1. The van der Waals surface area contributed by atoms with Crippen molar-refractivity contribution in [2.45, 2.75) is 19.9 Å². The summed E-state index contributed by atoms with van der Waals surface area (Å²) in [5, 5.41) is 14.6. The van der Waals surface area contributed by atoms with Gasteiger partial charge in [0.15, 0.2) is 5.82 Å². The molecule has 0 aliphatic heterocycles. The van der Waals surface area contributed by atoms with Gasteiger partial charge in [0, 0.05) is 11.1 Å². The molecule has 2 aromatic rings. The van der Waals surface area contributed by atoms with E-state index in [1.54, 1.807) is 25.3 Å². The molecule has 0 aliphatic carbocycles. The number of hydrogen-bond donors (Lipinski definition) is 2. The Morgan fingerprint density at radius 1 is 1.30 bits per heavy atom. The molecule has 1 heterocycles. The zero-order chi connectivity index (χ0) is 14.5. The van der Waals surface area contributed by atoms with E-state index >= 15 is 0 Å². The maximum absolute atomic E-state index is 5.98. The van der Waals surface area contributed by atoms with Crippen molar-refractivity contribution < 1.29 is 4.74 Å². The molecule has 1 aromatic carbocycles. The van der Waals surface area contributed by atoms with E-state index in [1.165, 1.54) is 6.20 Å². The van der Waals surface area contributed by atoms with Gasteiger partial charge in [-0.2, -0.15) is 10.1 Å². The molecule has 0 aliphatic rings.